The Kier molecular flexibility index (Phi) is 6.09. The van der Waals surface area contributed by atoms with E-state index in [9.17, 15) is 10.1 Å². The summed E-state index contributed by atoms with van der Waals surface area (Å²) in [4.78, 5) is 11.9. The van der Waals surface area contributed by atoms with E-state index in [4.69, 9.17) is 0 Å². The van der Waals surface area contributed by atoms with Crippen LogP contribution in [0.2, 0.25) is 0 Å². The summed E-state index contributed by atoms with van der Waals surface area (Å²) in [6.07, 6.45) is 0. The number of rotatable bonds is 2. The maximum Gasteiger partial charge on any atom is 1.00 e. The Bertz CT molecular complexity index is 629. The molecule has 0 saturated carbocycles. The molecule has 1 aromatic carbocycles. The van der Waals surface area contributed by atoms with E-state index in [2.05, 4.69) is 24.0 Å². The van der Waals surface area contributed by atoms with E-state index in [1.54, 1.807) is 0 Å². The minimum absolute atomic E-state index is 0. The van der Waals surface area contributed by atoms with Gasteiger partial charge in [-0.3, -0.25) is 4.79 Å². The molecule has 0 bridgehead atoms. The Morgan fingerprint density at radius 2 is 1.95 bits per heavy atom. The van der Waals surface area contributed by atoms with Crippen LogP contribution in [0, 0.1) is 11.3 Å². The Morgan fingerprint density at radius 3 is 2.45 bits per heavy atom. The summed E-state index contributed by atoms with van der Waals surface area (Å²) >= 11 is 4.31. The van der Waals surface area contributed by atoms with Crippen LogP contribution in [0.1, 0.15) is 25.3 Å². The van der Waals surface area contributed by atoms with Crippen molar-refractivity contribution in [3.05, 3.63) is 57.8 Å². The summed E-state index contributed by atoms with van der Waals surface area (Å²) in [5.74, 6) is -0.370. The van der Waals surface area contributed by atoms with Crippen molar-refractivity contribution in [2.45, 2.75) is 19.8 Å². The number of benzene rings is 1. The summed E-state index contributed by atoms with van der Waals surface area (Å²) in [6, 6.07) is 11.7. The molecule has 1 heterocycles. The monoisotopic (exact) mass is 293 g/mol. The number of hydrogen-bond donors (Lipinski definition) is 2. The fraction of sp³-hybridized carbons (Fsp3) is 0.200. The second-order valence-corrected chi connectivity index (χ2v) is 4.88. The summed E-state index contributed by atoms with van der Waals surface area (Å²) < 4.78 is 0. The Morgan fingerprint density at radius 1 is 1.35 bits per heavy atom. The van der Waals surface area contributed by atoms with Gasteiger partial charge in [0.2, 0.25) is 0 Å². The van der Waals surface area contributed by atoms with Gasteiger partial charge in [-0.15, -0.1) is 12.6 Å². The second kappa shape index (κ2) is 7.14. The molecule has 0 amide bonds. The summed E-state index contributed by atoms with van der Waals surface area (Å²) in [5, 5.41) is 12.9. The Balaban J connectivity index is 0.00000200. The Labute approximate surface area is 146 Å². The first-order valence-corrected chi connectivity index (χ1v) is 6.38. The van der Waals surface area contributed by atoms with Crippen molar-refractivity contribution in [1.82, 2.24) is 5.32 Å². The number of allylic oxidation sites excluding steroid dienone is 3. The average Bonchev–Trinajstić information content (AvgIpc) is 2.38. The largest absolute Gasteiger partial charge is 1.00 e. The zero-order chi connectivity index (χ0) is 14.0. The predicted molar refractivity (Wildman–Crippen MR) is 77.3 cm³/mol. The molecule has 0 fully saturated rings. The fourth-order valence-corrected chi connectivity index (χ4v) is 2.72. The molecule has 20 heavy (non-hydrogen) atoms. The minimum atomic E-state index is -0.336. The van der Waals surface area contributed by atoms with Crippen LogP contribution >= 0.6 is 12.6 Å². The van der Waals surface area contributed by atoms with Crippen molar-refractivity contribution in [3.8, 4) is 6.07 Å². The van der Waals surface area contributed by atoms with Crippen molar-refractivity contribution in [3.63, 3.8) is 0 Å². The van der Waals surface area contributed by atoms with E-state index in [1.807, 2.05) is 37.3 Å². The molecule has 96 valence electrons. The van der Waals surface area contributed by atoms with Crippen LogP contribution in [0.25, 0.3) is 0 Å². The second-order valence-electron chi connectivity index (χ2n) is 4.44. The van der Waals surface area contributed by atoms with Crippen molar-refractivity contribution in [2.75, 3.05) is 0 Å². The van der Waals surface area contributed by atoms with Crippen LogP contribution in [0.5, 0.6) is 0 Å². The average molecular weight is 293 g/mol. The molecule has 0 aliphatic carbocycles. The number of nitrogens with one attached hydrogen (secondary N) is 1. The minimum Gasteiger partial charge on any atom is -0.353 e. The Hall–Kier alpha value is -0.990. The van der Waals surface area contributed by atoms with Crippen LogP contribution in [0.15, 0.2) is 52.2 Å². The van der Waals surface area contributed by atoms with E-state index >= 15 is 0 Å². The summed E-state index contributed by atoms with van der Waals surface area (Å²) in [5.41, 5.74) is 2.79. The molecule has 0 radical (unpaired) electrons. The van der Waals surface area contributed by atoms with Crippen LogP contribution in [0.4, 0.5) is 0 Å². The first-order chi connectivity index (χ1) is 9.06. The smallest absolute Gasteiger partial charge is 0.353 e. The quantitative estimate of drug-likeness (QED) is 0.592. The molecule has 5 heteroatoms. The molecule has 1 unspecified atom stereocenters. The van der Waals surface area contributed by atoms with Gasteiger partial charge in [-0.25, -0.2) is 0 Å². The van der Waals surface area contributed by atoms with Crippen LogP contribution in [0.3, 0.4) is 0 Å². The molecule has 3 nitrogen and oxygen atoms in total. The van der Waals surface area contributed by atoms with Gasteiger partial charge in [-0.2, -0.15) is 5.26 Å². The number of Topliss-reactive ketones (excluding diaryl/α,β-unsaturated/α-hetero) is 1. The number of dihydropyridines is 1. The van der Waals surface area contributed by atoms with E-state index < -0.39 is 0 Å². The van der Waals surface area contributed by atoms with Crippen molar-refractivity contribution < 1.29 is 34.4 Å². The summed E-state index contributed by atoms with van der Waals surface area (Å²) in [6.45, 7) is 3.35. The number of thiol groups is 1. The first kappa shape index (κ1) is 17.1. The summed E-state index contributed by atoms with van der Waals surface area (Å²) in [7, 11) is 0. The molecule has 1 N–H and O–H groups in total. The third kappa shape index (κ3) is 3.18. The molecular formula is C15H14N2NaOS+. The van der Waals surface area contributed by atoms with E-state index in [-0.39, 0.29) is 41.3 Å². The molecule has 1 aromatic rings. The van der Waals surface area contributed by atoms with Crippen molar-refractivity contribution in [1.29, 1.82) is 5.26 Å². The predicted octanol–water partition coefficient (Wildman–Crippen LogP) is -0.0946. The number of carbonyl (C=O) groups is 1. The van der Waals surface area contributed by atoms with Gasteiger partial charge < -0.3 is 5.32 Å². The zero-order valence-corrected chi connectivity index (χ0v) is 14.7. The molecule has 0 spiro atoms. The van der Waals surface area contributed by atoms with Crippen molar-refractivity contribution >= 4 is 18.4 Å². The molecule has 1 aliphatic rings. The first-order valence-electron chi connectivity index (χ1n) is 5.93. The molecule has 1 aliphatic heterocycles. The van der Waals surface area contributed by atoms with Gasteiger partial charge in [0.05, 0.1) is 22.6 Å². The van der Waals surface area contributed by atoms with Crippen molar-refractivity contribution in [2.24, 2.45) is 0 Å². The topological polar surface area (TPSA) is 52.9 Å². The van der Waals surface area contributed by atoms with Gasteiger partial charge in [0.15, 0.2) is 5.78 Å². The molecule has 0 saturated heterocycles. The maximum atomic E-state index is 11.9. The third-order valence-corrected chi connectivity index (χ3v) is 3.53. The number of hydrogen-bond acceptors (Lipinski definition) is 4. The molecule has 1 atom stereocenters. The molecule has 2 rings (SSSR count). The fourth-order valence-electron chi connectivity index (χ4n) is 2.37. The standard InChI is InChI=1S/C15H14N2OS.Na/c1-9-13(10(2)18)14(11-6-4-3-5-7-11)12(8-16)15(19)17-9;/h3-7,14,17,19H,1-2H3;/q;+1. The maximum absolute atomic E-state index is 11.9. The van der Waals surface area contributed by atoms with E-state index in [0.29, 0.717) is 16.2 Å². The number of carbonyl (C=O) groups excluding carboxylic acids is 1. The van der Waals surface area contributed by atoms with Crippen LogP contribution in [-0.2, 0) is 4.79 Å². The normalized spacial score (nSPS) is 18.0. The van der Waals surface area contributed by atoms with Gasteiger partial charge >= 0.3 is 29.6 Å². The third-order valence-electron chi connectivity index (χ3n) is 3.18. The number of ketones is 1. The van der Waals surface area contributed by atoms with Crippen LogP contribution in [-0.4, -0.2) is 5.78 Å². The van der Waals surface area contributed by atoms with E-state index in [0.717, 1.165) is 11.3 Å². The number of nitrogens with zero attached hydrogens (tertiary/aromatic N) is 1. The van der Waals surface area contributed by atoms with Gasteiger partial charge in [0, 0.05) is 11.3 Å². The zero-order valence-electron chi connectivity index (χ0n) is 11.8. The SMILES string of the molecule is CC(=O)C1=C(C)NC(S)=C(C#N)C1c1ccccc1.[Na+]. The van der Waals surface area contributed by atoms with Gasteiger partial charge in [-0.05, 0) is 19.4 Å². The molecule has 0 aromatic heterocycles. The van der Waals surface area contributed by atoms with Gasteiger partial charge in [-0.1, -0.05) is 30.3 Å². The van der Waals surface area contributed by atoms with E-state index in [1.165, 1.54) is 6.92 Å². The molecular weight excluding hydrogens is 279 g/mol. The number of nitriles is 1. The van der Waals surface area contributed by atoms with Crippen LogP contribution < -0.4 is 34.9 Å². The van der Waals surface area contributed by atoms with Gasteiger partial charge in [0.25, 0.3) is 0 Å². The van der Waals surface area contributed by atoms with Gasteiger partial charge in [0.1, 0.15) is 0 Å².